The second kappa shape index (κ2) is 5.32. The van der Waals surface area contributed by atoms with E-state index in [4.69, 9.17) is 4.74 Å². The number of ether oxygens (including phenoxy) is 1. The maximum Gasteiger partial charge on any atom is 0.166 e. The Morgan fingerprint density at radius 1 is 1.14 bits per heavy atom. The van der Waals surface area contributed by atoms with E-state index < -0.39 is 5.82 Å². The minimum Gasteiger partial charge on any atom is -0.454 e. The Bertz CT molecular complexity index is 830. The summed E-state index contributed by atoms with van der Waals surface area (Å²) < 4.78 is 19.4. The molecule has 0 fully saturated rings. The third-order valence-electron chi connectivity index (χ3n) is 3.14. The number of Topliss-reactive ketones (excluding diaryl/α,β-unsaturated/α-hetero) is 1. The van der Waals surface area contributed by atoms with Gasteiger partial charge in [0.05, 0.1) is 5.52 Å². The van der Waals surface area contributed by atoms with Crippen molar-refractivity contribution in [2.24, 2.45) is 0 Å². The van der Waals surface area contributed by atoms with Crippen LogP contribution in [-0.2, 0) is 0 Å². The topological polar surface area (TPSA) is 39.2 Å². The standard InChI is InChI=1S/C17H12FNO2/c1-11(20)13-5-7-17(15(18)9-13)21-14-6-4-12-3-2-8-19-16(12)10-14/h2-10H,1H3. The van der Waals surface area contributed by atoms with Crippen LogP contribution in [-0.4, -0.2) is 10.8 Å². The van der Waals surface area contributed by atoms with E-state index in [0.29, 0.717) is 11.3 Å². The second-order valence-electron chi connectivity index (χ2n) is 4.66. The van der Waals surface area contributed by atoms with Crippen molar-refractivity contribution in [2.75, 3.05) is 0 Å². The lowest BCUT2D eigenvalue weighted by molar-refractivity contribution is 0.101. The molecule has 21 heavy (non-hydrogen) atoms. The van der Waals surface area contributed by atoms with Gasteiger partial charge in [0.25, 0.3) is 0 Å². The molecule has 0 aliphatic rings. The first-order valence-electron chi connectivity index (χ1n) is 6.46. The molecule has 0 bridgehead atoms. The molecule has 104 valence electrons. The van der Waals surface area contributed by atoms with Gasteiger partial charge in [0.1, 0.15) is 5.75 Å². The summed E-state index contributed by atoms with van der Waals surface area (Å²) in [5, 5.41) is 0.984. The van der Waals surface area contributed by atoms with Gasteiger partial charge in [-0.2, -0.15) is 0 Å². The molecule has 0 atom stereocenters. The summed E-state index contributed by atoms with van der Waals surface area (Å²) in [5.74, 6) is -0.176. The van der Waals surface area contributed by atoms with Crippen LogP contribution < -0.4 is 4.74 Å². The zero-order valence-electron chi connectivity index (χ0n) is 11.3. The average molecular weight is 281 g/mol. The zero-order chi connectivity index (χ0) is 14.8. The van der Waals surface area contributed by atoms with E-state index in [-0.39, 0.29) is 11.5 Å². The van der Waals surface area contributed by atoms with Crippen LogP contribution in [0.25, 0.3) is 10.9 Å². The summed E-state index contributed by atoms with van der Waals surface area (Å²) in [4.78, 5) is 15.4. The number of pyridine rings is 1. The van der Waals surface area contributed by atoms with E-state index in [9.17, 15) is 9.18 Å². The van der Waals surface area contributed by atoms with Crippen molar-refractivity contribution in [1.29, 1.82) is 0 Å². The summed E-state index contributed by atoms with van der Waals surface area (Å²) in [6, 6.07) is 13.3. The Morgan fingerprint density at radius 2 is 2.00 bits per heavy atom. The Kier molecular flexibility index (Phi) is 3.36. The number of hydrogen-bond acceptors (Lipinski definition) is 3. The maximum absolute atomic E-state index is 13.9. The van der Waals surface area contributed by atoms with E-state index in [2.05, 4.69) is 4.98 Å². The predicted molar refractivity (Wildman–Crippen MR) is 78.2 cm³/mol. The number of fused-ring (bicyclic) bond motifs is 1. The molecular formula is C17H12FNO2. The lowest BCUT2D eigenvalue weighted by atomic mass is 10.1. The molecule has 0 unspecified atom stereocenters. The first kappa shape index (κ1) is 13.2. The fraction of sp³-hybridized carbons (Fsp3) is 0.0588. The fourth-order valence-electron chi connectivity index (χ4n) is 2.04. The van der Waals surface area contributed by atoms with Crippen LogP contribution in [0, 0.1) is 5.82 Å². The molecule has 0 aliphatic heterocycles. The highest BCUT2D eigenvalue weighted by atomic mass is 19.1. The van der Waals surface area contributed by atoms with Gasteiger partial charge in [0, 0.05) is 23.2 Å². The lowest BCUT2D eigenvalue weighted by Crippen LogP contribution is -1.95. The smallest absolute Gasteiger partial charge is 0.166 e. The highest BCUT2D eigenvalue weighted by molar-refractivity contribution is 5.94. The largest absolute Gasteiger partial charge is 0.454 e. The van der Waals surface area contributed by atoms with Crippen LogP contribution in [0.2, 0.25) is 0 Å². The normalized spacial score (nSPS) is 10.6. The summed E-state index contributed by atoms with van der Waals surface area (Å²) in [7, 11) is 0. The number of halogens is 1. The van der Waals surface area contributed by atoms with Crippen LogP contribution in [0.1, 0.15) is 17.3 Å². The monoisotopic (exact) mass is 281 g/mol. The molecule has 0 saturated carbocycles. The first-order valence-corrected chi connectivity index (χ1v) is 6.46. The van der Waals surface area contributed by atoms with Gasteiger partial charge < -0.3 is 4.74 Å². The van der Waals surface area contributed by atoms with E-state index >= 15 is 0 Å². The van der Waals surface area contributed by atoms with Crippen LogP contribution >= 0.6 is 0 Å². The summed E-state index contributed by atoms with van der Waals surface area (Å²) in [6.45, 7) is 1.39. The van der Waals surface area contributed by atoms with Gasteiger partial charge >= 0.3 is 0 Å². The van der Waals surface area contributed by atoms with Gasteiger partial charge in [-0.25, -0.2) is 4.39 Å². The van der Waals surface area contributed by atoms with Gasteiger partial charge in [-0.05, 0) is 43.3 Å². The molecule has 0 saturated heterocycles. The maximum atomic E-state index is 13.9. The van der Waals surface area contributed by atoms with Crippen molar-refractivity contribution >= 4 is 16.7 Å². The highest BCUT2D eigenvalue weighted by Gasteiger charge is 2.09. The number of ketones is 1. The van der Waals surface area contributed by atoms with E-state index in [1.807, 2.05) is 18.2 Å². The van der Waals surface area contributed by atoms with Gasteiger partial charge in [-0.15, -0.1) is 0 Å². The molecule has 0 amide bonds. The zero-order valence-corrected chi connectivity index (χ0v) is 11.3. The van der Waals surface area contributed by atoms with Crippen molar-refractivity contribution in [3.8, 4) is 11.5 Å². The summed E-state index contributed by atoms with van der Waals surface area (Å²) >= 11 is 0. The lowest BCUT2D eigenvalue weighted by Gasteiger charge is -2.08. The number of benzene rings is 2. The van der Waals surface area contributed by atoms with Gasteiger partial charge in [0.2, 0.25) is 0 Å². The van der Waals surface area contributed by atoms with E-state index in [0.717, 1.165) is 10.9 Å². The van der Waals surface area contributed by atoms with Crippen molar-refractivity contribution in [1.82, 2.24) is 4.98 Å². The van der Waals surface area contributed by atoms with Crippen molar-refractivity contribution in [3.05, 3.63) is 66.1 Å². The molecule has 2 aromatic carbocycles. The Labute approximate surface area is 121 Å². The molecule has 3 nitrogen and oxygen atoms in total. The quantitative estimate of drug-likeness (QED) is 0.669. The molecular weight excluding hydrogens is 269 g/mol. The average Bonchev–Trinajstić information content (AvgIpc) is 2.49. The van der Waals surface area contributed by atoms with Gasteiger partial charge in [-0.3, -0.25) is 9.78 Å². The number of carbonyl (C=O) groups excluding carboxylic acids is 1. The fourth-order valence-corrected chi connectivity index (χ4v) is 2.04. The van der Waals surface area contributed by atoms with Crippen molar-refractivity contribution < 1.29 is 13.9 Å². The minimum atomic E-state index is -0.566. The molecule has 1 heterocycles. The molecule has 0 aliphatic carbocycles. The van der Waals surface area contributed by atoms with E-state index in [1.165, 1.54) is 19.1 Å². The number of nitrogens with zero attached hydrogens (tertiary/aromatic N) is 1. The van der Waals surface area contributed by atoms with Gasteiger partial charge in [-0.1, -0.05) is 6.07 Å². The van der Waals surface area contributed by atoms with Crippen LogP contribution in [0.4, 0.5) is 4.39 Å². The van der Waals surface area contributed by atoms with Crippen molar-refractivity contribution in [3.63, 3.8) is 0 Å². The van der Waals surface area contributed by atoms with Gasteiger partial charge in [0.15, 0.2) is 17.3 Å². The third kappa shape index (κ3) is 2.74. The molecule has 0 N–H and O–H groups in total. The summed E-state index contributed by atoms with van der Waals surface area (Å²) in [5.41, 5.74) is 1.09. The molecule has 0 spiro atoms. The van der Waals surface area contributed by atoms with Crippen LogP contribution in [0.3, 0.4) is 0 Å². The Morgan fingerprint density at radius 3 is 2.76 bits per heavy atom. The van der Waals surface area contributed by atoms with Crippen LogP contribution in [0.15, 0.2) is 54.7 Å². The van der Waals surface area contributed by atoms with Crippen LogP contribution in [0.5, 0.6) is 11.5 Å². The van der Waals surface area contributed by atoms with Crippen molar-refractivity contribution in [2.45, 2.75) is 6.92 Å². The Hall–Kier alpha value is -2.75. The number of carbonyl (C=O) groups is 1. The molecule has 3 aromatic rings. The summed E-state index contributed by atoms with van der Waals surface area (Å²) in [6.07, 6.45) is 1.69. The molecule has 4 heteroatoms. The minimum absolute atomic E-state index is 0.0790. The number of rotatable bonds is 3. The highest BCUT2D eigenvalue weighted by Crippen LogP contribution is 2.27. The molecule has 0 radical (unpaired) electrons. The first-order chi connectivity index (χ1) is 10.1. The molecule has 3 rings (SSSR count). The van der Waals surface area contributed by atoms with E-state index in [1.54, 1.807) is 24.4 Å². The second-order valence-corrected chi connectivity index (χ2v) is 4.66. The molecule has 1 aromatic heterocycles. The third-order valence-corrected chi connectivity index (χ3v) is 3.14. The number of hydrogen-bond donors (Lipinski definition) is 0. The predicted octanol–water partition coefficient (Wildman–Crippen LogP) is 4.37. The SMILES string of the molecule is CC(=O)c1ccc(Oc2ccc3cccnc3c2)c(F)c1. The Balaban J connectivity index is 1.93. The number of aromatic nitrogens is 1.